The van der Waals surface area contributed by atoms with E-state index in [2.05, 4.69) is 4.72 Å². The Morgan fingerprint density at radius 1 is 1.16 bits per heavy atom. The Hall–Kier alpha value is -1.93. The number of rotatable bonds is 8. The number of nitrogens with one attached hydrogen (secondary N) is 1. The first-order chi connectivity index (χ1) is 11.8. The number of hydrogen-bond donors (Lipinski definition) is 2. The standard InChI is InChI=1S/C17H24N2O5S/c1-19(11-9-17(21)22)16(20)8-10-18-25(23,24)15-7-6-13-4-2-3-5-14(13)12-15/h6-7,12,18H,2-5,8-11H2,1H3,(H,21,22). The van der Waals surface area contributed by atoms with Gasteiger partial charge in [0, 0.05) is 26.6 Å². The third kappa shape index (κ3) is 5.54. The molecule has 0 saturated carbocycles. The summed E-state index contributed by atoms with van der Waals surface area (Å²) in [5.74, 6) is -1.28. The zero-order chi connectivity index (χ0) is 18.4. The molecule has 8 heteroatoms. The number of carbonyl (C=O) groups excluding carboxylic acids is 1. The minimum atomic E-state index is -3.66. The van der Waals surface area contributed by atoms with E-state index in [4.69, 9.17) is 5.11 Å². The van der Waals surface area contributed by atoms with Crippen molar-refractivity contribution in [2.75, 3.05) is 20.1 Å². The van der Waals surface area contributed by atoms with Gasteiger partial charge in [-0.1, -0.05) is 6.07 Å². The van der Waals surface area contributed by atoms with Gasteiger partial charge < -0.3 is 10.0 Å². The molecule has 0 atom stereocenters. The Kier molecular flexibility index (Phi) is 6.55. The van der Waals surface area contributed by atoms with Gasteiger partial charge >= 0.3 is 5.97 Å². The second kappa shape index (κ2) is 8.44. The van der Waals surface area contributed by atoms with Crippen molar-refractivity contribution in [2.45, 2.75) is 43.4 Å². The third-order valence-electron chi connectivity index (χ3n) is 4.35. The van der Waals surface area contributed by atoms with Gasteiger partial charge in [-0.3, -0.25) is 9.59 Å². The first-order valence-electron chi connectivity index (χ1n) is 8.37. The summed E-state index contributed by atoms with van der Waals surface area (Å²) in [5, 5.41) is 8.61. The maximum absolute atomic E-state index is 12.4. The number of benzene rings is 1. The van der Waals surface area contributed by atoms with Crippen LogP contribution in [0.2, 0.25) is 0 Å². The van der Waals surface area contributed by atoms with Crippen molar-refractivity contribution in [3.8, 4) is 0 Å². The average Bonchev–Trinajstić information content (AvgIpc) is 2.58. The first-order valence-corrected chi connectivity index (χ1v) is 9.85. The van der Waals surface area contributed by atoms with E-state index in [0.717, 1.165) is 31.2 Å². The van der Waals surface area contributed by atoms with Gasteiger partial charge in [0.25, 0.3) is 0 Å². The second-order valence-corrected chi connectivity index (χ2v) is 8.01. The molecule has 0 spiro atoms. The number of fused-ring (bicyclic) bond motifs is 1. The van der Waals surface area contributed by atoms with Crippen molar-refractivity contribution in [3.05, 3.63) is 29.3 Å². The predicted octanol–water partition coefficient (Wildman–Crippen LogP) is 1.17. The predicted molar refractivity (Wildman–Crippen MR) is 92.8 cm³/mol. The van der Waals surface area contributed by atoms with E-state index >= 15 is 0 Å². The minimum absolute atomic E-state index is 0.0136. The van der Waals surface area contributed by atoms with Crippen LogP contribution in [0.15, 0.2) is 23.1 Å². The molecule has 1 aliphatic rings. The third-order valence-corrected chi connectivity index (χ3v) is 5.81. The van der Waals surface area contributed by atoms with E-state index in [-0.39, 0.29) is 36.7 Å². The molecule has 0 aliphatic heterocycles. The first kappa shape index (κ1) is 19.4. The number of carboxylic acids is 1. The molecule has 0 heterocycles. The van der Waals surface area contributed by atoms with Gasteiger partial charge in [0.2, 0.25) is 15.9 Å². The Morgan fingerprint density at radius 3 is 2.52 bits per heavy atom. The van der Waals surface area contributed by atoms with Gasteiger partial charge in [-0.25, -0.2) is 13.1 Å². The van der Waals surface area contributed by atoms with Crippen molar-refractivity contribution in [3.63, 3.8) is 0 Å². The number of carbonyl (C=O) groups is 2. The van der Waals surface area contributed by atoms with Crippen molar-refractivity contribution < 1.29 is 23.1 Å². The summed E-state index contributed by atoms with van der Waals surface area (Å²) in [6, 6.07) is 5.19. The lowest BCUT2D eigenvalue weighted by Crippen LogP contribution is -2.33. The van der Waals surface area contributed by atoms with Crippen LogP contribution in [0.4, 0.5) is 0 Å². The summed E-state index contributed by atoms with van der Waals surface area (Å²) in [7, 11) is -2.15. The normalized spacial score (nSPS) is 14.0. The van der Waals surface area contributed by atoms with Crippen LogP contribution in [-0.4, -0.2) is 50.4 Å². The zero-order valence-electron chi connectivity index (χ0n) is 14.3. The molecule has 0 saturated heterocycles. The topological polar surface area (TPSA) is 104 Å². The summed E-state index contributed by atoms with van der Waals surface area (Å²) in [6.45, 7) is 0.0847. The molecule has 1 aromatic carbocycles. The number of carboxylic acid groups (broad SMARTS) is 1. The number of amides is 1. The molecule has 7 nitrogen and oxygen atoms in total. The molecular formula is C17H24N2O5S. The lowest BCUT2D eigenvalue weighted by molar-refractivity contribution is -0.138. The smallest absolute Gasteiger partial charge is 0.305 e. The fraction of sp³-hybridized carbons (Fsp3) is 0.529. The fourth-order valence-corrected chi connectivity index (χ4v) is 3.91. The molecule has 2 rings (SSSR count). The quantitative estimate of drug-likeness (QED) is 0.717. The van der Waals surface area contributed by atoms with E-state index in [0.29, 0.717) is 0 Å². The van der Waals surface area contributed by atoms with Gasteiger partial charge in [-0.15, -0.1) is 0 Å². The summed E-state index contributed by atoms with van der Waals surface area (Å²) >= 11 is 0. The highest BCUT2D eigenvalue weighted by atomic mass is 32.2. The number of nitrogens with zero attached hydrogens (tertiary/aromatic N) is 1. The average molecular weight is 368 g/mol. The molecule has 1 amide bonds. The van der Waals surface area contributed by atoms with Crippen LogP contribution in [0.25, 0.3) is 0 Å². The van der Waals surface area contributed by atoms with E-state index in [1.807, 2.05) is 6.07 Å². The van der Waals surface area contributed by atoms with Gasteiger partial charge in [0.15, 0.2) is 0 Å². The van der Waals surface area contributed by atoms with Crippen molar-refractivity contribution in [1.82, 2.24) is 9.62 Å². The highest BCUT2D eigenvalue weighted by Crippen LogP contribution is 2.23. The van der Waals surface area contributed by atoms with E-state index < -0.39 is 16.0 Å². The summed E-state index contributed by atoms with van der Waals surface area (Å²) in [5.41, 5.74) is 2.29. The van der Waals surface area contributed by atoms with Gasteiger partial charge in [-0.2, -0.15) is 0 Å². The minimum Gasteiger partial charge on any atom is -0.481 e. The molecule has 25 heavy (non-hydrogen) atoms. The lowest BCUT2D eigenvalue weighted by atomic mass is 9.92. The highest BCUT2D eigenvalue weighted by molar-refractivity contribution is 7.89. The lowest BCUT2D eigenvalue weighted by Gasteiger charge is -2.17. The highest BCUT2D eigenvalue weighted by Gasteiger charge is 2.18. The van der Waals surface area contributed by atoms with Gasteiger partial charge in [0.1, 0.15) is 0 Å². The zero-order valence-corrected chi connectivity index (χ0v) is 15.1. The second-order valence-electron chi connectivity index (χ2n) is 6.24. The molecule has 138 valence electrons. The van der Waals surface area contributed by atoms with Crippen LogP contribution >= 0.6 is 0 Å². The molecule has 1 aromatic rings. The molecule has 1 aliphatic carbocycles. The molecule has 0 aromatic heterocycles. The van der Waals surface area contributed by atoms with Crippen LogP contribution in [-0.2, 0) is 32.5 Å². The van der Waals surface area contributed by atoms with Crippen LogP contribution in [0.1, 0.15) is 36.8 Å². The monoisotopic (exact) mass is 368 g/mol. The van der Waals surface area contributed by atoms with Gasteiger partial charge in [-0.05, 0) is 48.9 Å². The van der Waals surface area contributed by atoms with E-state index in [1.54, 1.807) is 12.1 Å². The number of aliphatic carboxylic acids is 1. The molecule has 0 fully saturated rings. The maximum atomic E-state index is 12.4. The van der Waals surface area contributed by atoms with Crippen LogP contribution in [0.5, 0.6) is 0 Å². The fourth-order valence-electron chi connectivity index (χ4n) is 2.83. The summed E-state index contributed by atoms with van der Waals surface area (Å²) in [4.78, 5) is 23.9. The molecule has 0 bridgehead atoms. The number of aryl methyl sites for hydroxylation is 2. The Morgan fingerprint density at radius 2 is 1.84 bits per heavy atom. The summed E-state index contributed by atoms with van der Waals surface area (Å²) in [6.07, 6.45) is 3.94. The largest absolute Gasteiger partial charge is 0.481 e. The molecule has 0 radical (unpaired) electrons. The van der Waals surface area contributed by atoms with Crippen molar-refractivity contribution in [2.24, 2.45) is 0 Å². The van der Waals surface area contributed by atoms with Gasteiger partial charge in [0.05, 0.1) is 11.3 Å². The van der Waals surface area contributed by atoms with Crippen LogP contribution in [0, 0.1) is 0 Å². The molecule has 0 unspecified atom stereocenters. The van der Waals surface area contributed by atoms with Crippen molar-refractivity contribution in [1.29, 1.82) is 0 Å². The van der Waals surface area contributed by atoms with E-state index in [9.17, 15) is 18.0 Å². The number of hydrogen-bond acceptors (Lipinski definition) is 4. The number of sulfonamides is 1. The van der Waals surface area contributed by atoms with Crippen LogP contribution in [0.3, 0.4) is 0 Å². The Balaban J connectivity index is 1.89. The van der Waals surface area contributed by atoms with Crippen molar-refractivity contribution >= 4 is 21.9 Å². The molecular weight excluding hydrogens is 344 g/mol. The summed E-state index contributed by atoms with van der Waals surface area (Å²) < 4.78 is 27.2. The Labute approximate surface area is 148 Å². The molecule has 2 N–H and O–H groups in total. The van der Waals surface area contributed by atoms with E-state index in [1.165, 1.54) is 17.5 Å². The SMILES string of the molecule is CN(CCC(=O)O)C(=O)CCNS(=O)(=O)c1ccc2c(c1)CCCC2. The maximum Gasteiger partial charge on any atom is 0.305 e. The van der Waals surface area contributed by atoms with Crippen LogP contribution < -0.4 is 4.72 Å². The Bertz CT molecular complexity index is 745.